The second kappa shape index (κ2) is 6.29. The molecule has 1 N–H and O–H groups in total. The van der Waals surface area contributed by atoms with Crippen molar-refractivity contribution in [3.05, 3.63) is 35.4 Å². The molecule has 10 heteroatoms. The van der Waals surface area contributed by atoms with Crippen LogP contribution in [0, 0.1) is 20.8 Å². The number of hydrogen-bond acceptors (Lipinski definition) is 6. The lowest BCUT2D eigenvalue weighted by molar-refractivity contribution is 0.175. The van der Waals surface area contributed by atoms with Crippen molar-refractivity contribution in [2.45, 2.75) is 33.5 Å². The van der Waals surface area contributed by atoms with Gasteiger partial charge in [-0.15, -0.1) is 5.10 Å². The van der Waals surface area contributed by atoms with E-state index in [4.69, 9.17) is 4.74 Å². The van der Waals surface area contributed by atoms with Gasteiger partial charge in [-0.25, -0.2) is 14.1 Å². The van der Waals surface area contributed by atoms with Crippen LogP contribution in [0.4, 0.5) is 16.0 Å². The fourth-order valence-electron chi connectivity index (χ4n) is 3.72. The van der Waals surface area contributed by atoms with Gasteiger partial charge in [0.1, 0.15) is 17.9 Å². The van der Waals surface area contributed by atoms with Gasteiger partial charge in [0.25, 0.3) is 5.88 Å². The molecule has 1 aliphatic rings. The summed E-state index contributed by atoms with van der Waals surface area (Å²) in [6.45, 7) is 5.82. The molecular formula is C19H21FN8O. The zero-order valence-corrected chi connectivity index (χ0v) is 16.6. The third-order valence-corrected chi connectivity index (χ3v) is 5.13. The van der Waals surface area contributed by atoms with Gasteiger partial charge in [-0.2, -0.15) is 10.1 Å². The predicted molar refractivity (Wildman–Crippen MR) is 106 cm³/mol. The van der Waals surface area contributed by atoms with Crippen molar-refractivity contribution in [3.63, 3.8) is 0 Å². The fraction of sp³-hybridized carbons (Fsp3) is 0.368. The van der Waals surface area contributed by atoms with Crippen LogP contribution in [0.2, 0.25) is 0 Å². The molecule has 0 radical (unpaired) electrons. The Bertz CT molecular complexity index is 1240. The summed E-state index contributed by atoms with van der Waals surface area (Å²) in [7, 11) is 1.85. The van der Waals surface area contributed by atoms with E-state index in [1.165, 1.54) is 0 Å². The van der Waals surface area contributed by atoms with E-state index in [0.717, 1.165) is 28.2 Å². The largest absolute Gasteiger partial charge is 0.472 e. The lowest BCUT2D eigenvalue weighted by Gasteiger charge is -2.10. The molecule has 0 spiro atoms. The Morgan fingerprint density at radius 3 is 2.83 bits per heavy atom. The van der Waals surface area contributed by atoms with E-state index in [0.29, 0.717) is 23.2 Å². The van der Waals surface area contributed by atoms with Gasteiger partial charge in [0.05, 0.1) is 17.9 Å². The van der Waals surface area contributed by atoms with Gasteiger partial charge in [0, 0.05) is 30.9 Å². The molecule has 0 saturated carbocycles. The van der Waals surface area contributed by atoms with E-state index in [1.807, 2.05) is 40.1 Å². The van der Waals surface area contributed by atoms with Crippen LogP contribution in [0.3, 0.4) is 0 Å². The van der Waals surface area contributed by atoms with Crippen molar-refractivity contribution in [1.29, 1.82) is 0 Å². The number of rotatable bonds is 1. The Morgan fingerprint density at radius 1 is 1.24 bits per heavy atom. The number of aryl methyl sites for hydroxylation is 3. The minimum Gasteiger partial charge on any atom is -0.472 e. The number of nitrogens with one attached hydrogen (secondary N) is 1. The van der Waals surface area contributed by atoms with Crippen molar-refractivity contribution in [3.8, 4) is 11.7 Å². The van der Waals surface area contributed by atoms with Gasteiger partial charge in [-0.3, -0.25) is 4.68 Å². The maximum Gasteiger partial charge on any atom is 0.257 e. The number of ether oxygens (including phenoxy) is 1. The van der Waals surface area contributed by atoms with E-state index < -0.39 is 6.17 Å². The van der Waals surface area contributed by atoms with Crippen LogP contribution >= 0.6 is 0 Å². The molecule has 5 heterocycles. The normalized spacial score (nSPS) is 16.4. The average molecular weight is 396 g/mol. The topological polar surface area (TPSA) is 87.6 Å². The molecule has 29 heavy (non-hydrogen) atoms. The second-order valence-electron chi connectivity index (χ2n) is 7.37. The quantitative estimate of drug-likeness (QED) is 0.532. The Balaban J connectivity index is 1.66. The molecule has 9 nitrogen and oxygen atoms in total. The summed E-state index contributed by atoms with van der Waals surface area (Å²) in [5, 5.41) is 13.1. The van der Waals surface area contributed by atoms with Crippen molar-refractivity contribution < 1.29 is 9.13 Å². The number of nitrogens with zero attached hydrogens (tertiary/aromatic N) is 7. The molecule has 0 aliphatic carbocycles. The highest BCUT2D eigenvalue weighted by Crippen LogP contribution is 2.33. The van der Waals surface area contributed by atoms with Crippen molar-refractivity contribution >= 4 is 22.7 Å². The number of alkyl halides is 1. The molecule has 0 amide bonds. The van der Waals surface area contributed by atoms with Crippen LogP contribution in [0.5, 0.6) is 5.88 Å². The second-order valence-corrected chi connectivity index (χ2v) is 7.37. The zero-order valence-electron chi connectivity index (χ0n) is 16.6. The smallest absolute Gasteiger partial charge is 0.257 e. The SMILES string of the molecule is Cc1cc(-n2nc3c(c2C)Nc2ncc4c(C)cn(c4n2)CC(F)CO3)n(C)n1. The number of anilines is 2. The van der Waals surface area contributed by atoms with Gasteiger partial charge in [0.15, 0.2) is 12.0 Å². The molecule has 0 fully saturated rings. The summed E-state index contributed by atoms with van der Waals surface area (Å²) >= 11 is 0. The van der Waals surface area contributed by atoms with Crippen molar-refractivity contribution in [1.82, 2.24) is 34.1 Å². The lowest BCUT2D eigenvalue weighted by Crippen LogP contribution is -2.19. The molecule has 4 aromatic rings. The molecule has 0 saturated heterocycles. The summed E-state index contributed by atoms with van der Waals surface area (Å²) in [5.41, 5.74) is 3.96. The first-order valence-corrected chi connectivity index (χ1v) is 9.37. The maximum absolute atomic E-state index is 14.7. The highest BCUT2D eigenvalue weighted by molar-refractivity contribution is 5.81. The van der Waals surface area contributed by atoms with E-state index in [-0.39, 0.29) is 13.2 Å². The highest BCUT2D eigenvalue weighted by atomic mass is 19.1. The van der Waals surface area contributed by atoms with Crippen molar-refractivity contribution in [2.75, 3.05) is 11.9 Å². The minimum absolute atomic E-state index is 0.113. The molecule has 5 rings (SSSR count). The van der Waals surface area contributed by atoms with Crippen LogP contribution in [0.25, 0.3) is 16.9 Å². The Labute approximate surface area is 166 Å². The number of hydrogen-bond donors (Lipinski definition) is 1. The molecule has 150 valence electrons. The van der Waals surface area contributed by atoms with Gasteiger partial charge in [-0.1, -0.05) is 0 Å². The van der Waals surface area contributed by atoms with Gasteiger partial charge in [0.2, 0.25) is 5.95 Å². The predicted octanol–water partition coefficient (Wildman–Crippen LogP) is 2.75. The van der Waals surface area contributed by atoms with Crippen LogP contribution in [0.15, 0.2) is 18.5 Å². The van der Waals surface area contributed by atoms with Gasteiger partial charge < -0.3 is 14.6 Å². The van der Waals surface area contributed by atoms with Crippen LogP contribution < -0.4 is 10.1 Å². The van der Waals surface area contributed by atoms with E-state index in [2.05, 4.69) is 25.5 Å². The molecule has 1 unspecified atom stereocenters. The number of halogens is 1. The monoisotopic (exact) mass is 396 g/mol. The Hall–Kier alpha value is -3.43. The zero-order chi connectivity index (χ0) is 20.3. The summed E-state index contributed by atoms with van der Waals surface area (Å²) in [5.74, 6) is 1.49. The first-order valence-electron chi connectivity index (χ1n) is 9.37. The minimum atomic E-state index is -1.21. The van der Waals surface area contributed by atoms with Crippen LogP contribution in [-0.4, -0.2) is 46.9 Å². The first kappa shape index (κ1) is 17.7. The van der Waals surface area contributed by atoms with E-state index >= 15 is 0 Å². The maximum atomic E-state index is 14.7. The third-order valence-electron chi connectivity index (χ3n) is 5.13. The number of aromatic nitrogens is 7. The third kappa shape index (κ3) is 2.82. The Morgan fingerprint density at radius 2 is 2.07 bits per heavy atom. The standard InChI is InChI=1S/C19H21FN8O/c1-10-7-27-8-13(20)9-29-18-16(22-19-21-6-14(10)17(27)23-19)12(3)28(25-18)15-5-11(2)24-26(15)4/h5-7,13H,8-9H2,1-4H3,(H,21,22,23). The summed E-state index contributed by atoms with van der Waals surface area (Å²) in [4.78, 5) is 9.05. The molecule has 1 aliphatic heterocycles. The highest BCUT2D eigenvalue weighted by Gasteiger charge is 2.23. The Kier molecular flexibility index (Phi) is 3.83. The number of fused-ring (bicyclic) bond motifs is 2. The summed E-state index contributed by atoms with van der Waals surface area (Å²) in [6.07, 6.45) is 2.44. The van der Waals surface area contributed by atoms with Gasteiger partial charge >= 0.3 is 0 Å². The van der Waals surface area contributed by atoms with E-state index in [1.54, 1.807) is 20.1 Å². The van der Waals surface area contributed by atoms with Gasteiger partial charge in [-0.05, 0) is 26.3 Å². The molecule has 2 bridgehead atoms. The van der Waals surface area contributed by atoms with Crippen molar-refractivity contribution in [2.24, 2.45) is 7.05 Å². The molecule has 0 aromatic carbocycles. The molecule has 1 atom stereocenters. The summed E-state index contributed by atoms with van der Waals surface area (Å²) in [6, 6.07) is 1.92. The molecule has 4 aromatic heterocycles. The van der Waals surface area contributed by atoms with Crippen LogP contribution in [0.1, 0.15) is 17.0 Å². The van der Waals surface area contributed by atoms with E-state index in [9.17, 15) is 4.39 Å². The lowest BCUT2D eigenvalue weighted by atomic mass is 10.3. The first-order chi connectivity index (χ1) is 13.9. The summed E-state index contributed by atoms with van der Waals surface area (Å²) < 4.78 is 25.7. The average Bonchev–Trinajstić information content (AvgIpc) is 3.27. The van der Waals surface area contributed by atoms with Crippen LogP contribution in [-0.2, 0) is 13.6 Å². The molecular weight excluding hydrogens is 375 g/mol. The fourth-order valence-corrected chi connectivity index (χ4v) is 3.72.